The molecule has 0 heterocycles. The molecule has 30 heavy (non-hydrogen) atoms. The molecule has 0 spiro atoms. The van der Waals surface area contributed by atoms with Crippen LogP contribution in [0.5, 0.6) is 0 Å². The topological polar surface area (TPSA) is 66.5 Å². The first-order valence-corrected chi connectivity index (χ1v) is 11.7. The van der Waals surface area contributed by atoms with Gasteiger partial charge in [-0.2, -0.15) is 0 Å². The molecule has 8 heteroatoms. The Labute approximate surface area is 189 Å². The molecule has 0 radical (unpaired) electrons. The van der Waals surface area contributed by atoms with Crippen LogP contribution in [0.4, 0.5) is 11.4 Å². The Hall–Kier alpha value is -2.35. The highest BCUT2D eigenvalue weighted by atomic mass is 79.9. The Morgan fingerprint density at radius 2 is 1.70 bits per heavy atom. The maximum absolute atomic E-state index is 13.4. The maximum Gasteiger partial charge on any atom is 0.264 e. The summed E-state index contributed by atoms with van der Waals surface area (Å²) in [5, 5.41) is 3.18. The van der Waals surface area contributed by atoms with Crippen LogP contribution in [-0.4, -0.2) is 20.9 Å². The number of benzene rings is 3. The lowest BCUT2D eigenvalue weighted by Gasteiger charge is -2.25. The number of carbonyl (C=O) groups is 1. The summed E-state index contributed by atoms with van der Waals surface area (Å²) in [7, 11) is -3.99. The maximum atomic E-state index is 13.4. The largest absolute Gasteiger partial charge is 0.324 e. The van der Waals surface area contributed by atoms with Crippen molar-refractivity contribution in [2.75, 3.05) is 16.2 Å². The van der Waals surface area contributed by atoms with Gasteiger partial charge < -0.3 is 5.32 Å². The quantitative estimate of drug-likeness (QED) is 0.475. The van der Waals surface area contributed by atoms with Gasteiger partial charge in [-0.15, -0.1) is 0 Å². The lowest BCUT2D eigenvalue weighted by molar-refractivity contribution is -0.114. The monoisotopic (exact) mass is 506 g/mol. The molecule has 0 fully saturated rings. The van der Waals surface area contributed by atoms with Crippen molar-refractivity contribution in [1.82, 2.24) is 0 Å². The van der Waals surface area contributed by atoms with Crippen LogP contribution in [0.15, 0.2) is 76.1 Å². The number of nitrogens with zero attached hydrogens (tertiary/aromatic N) is 1. The third-order valence-electron chi connectivity index (χ3n) is 4.58. The summed E-state index contributed by atoms with van der Waals surface area (Å²) in [5.74, 6) is -0.455. The van der Waals surface area contributed by atoms with E-state index < -0.39 is 15.9 Å². The molecule has 0 atom stereocenters. The highest BCUT2D eigenvalue weighted by Gasteiger charge is 2.27. The minimum Gasteiger partial charge on any atom is -0.324 e. The molecule has 0 aromatic heterocycles. The van der Waals surface area contributed by atoms with E-state index in [2.05, 4.69) is 21.2 Å². The van der Waals surface area contributed by atoms with Crippen molar-refractivity contribution in [3.63, 3.8) is 0 Å². The molecular weight excluding hydrogens is 488 g/mol. The molecule has 0 bridgehead atoms. The van der Waals surface area contributed by atoms with Gasteiger partial charge >= 0.3 is 0 Å². The summed E-state index contributed by atoms with van der Waals surface area (Å²) in [6.07, 6.45) is 0. The first kappa shape index (κ1) is 22.3. The van der Waals surface area contributed by atoms with E-state index in [0.29, 0.717) is 16.4 Å². The van der Waals surface area contributed by atoms with E-state index in [4.69, 9.17) is 11.6 Å². The zero-order valence-electron chi connectivity index (χ0n) is 16.4. The number of hydrogen-bond donors (Lipinski definition) is 1. The van der Waals surface area contributed by atoms with Gasteiger partial charge in [-0.3, -0.25) is 9.10 Å². The smallest absolute Gasteiger partial charge is 0.264 e. The number of amides is 1. The van der Waals surface area contributed by atoms with Gasteiger partial charge in [0.15, 0.2) is 0 Å². The fourth-order valence-electron chi connectivity index (χ4n) is 2.83. The summed E-state index contributed by atoms with van der Waals surface area (Å²) in [4.78, 5) is 12.8. The second-order valence-corrected chi connectivity index (χ2v) is 10.0. The van der Waals surface area contributed by atoms with Crippen LogP contribution >= 0.6 is 27.5 Å². The molecule has 0 aliphatic carbocycles. The molecule has 156 valence electrons. The van der Waals surface area contributed by atoms with Gasteiger partial charge in [-0.25, -0.2) is 8.42 Å². The summed E-state index contributed by atoms with van der Waals surface area (Å²) < 4.78 is 28.7. The Balaban J connectivity index is 1.97. The number of carbonyl (C=O) groups excluding carboxylic acids is 1. The van der Waals surface area contributed by atoms with E-state index in [1.165, 1.54) is 24.3 Å². The van der Waals surface area contributed by atoms with E-state index in [9.17, 15) is 13.2 Å². The lowest BCUT2D eigenvalue weighted by Crippen LogP contribution is -2.38. The van der Waals surface area contributed by atoms with E-state index >= 15 is 0 Å². The molecule has 1 N–H and O–H groups in total. The zero-order chi connectivity index (χ0) is 21.9. The SMILES string of the molecule is Cc1ccc(N(CC(=O)Nc2cccc(Br)c2)S(=O)(=O)c2ccc(Cl)cc2)cc1C. The zero-order valence-corrected chi connectivity index (χ0v) is 19.6. The van der Waals surface area contributed by atoms with Crippen LogP contribution in [0.2, 0.25) is 5.02 Å². The summed E-state index contributed by atoms with van der Waals surface area (Å²) in [6, 6.07) is 18.3. The number of rotatable bonds is 6. The van der Waals surface area contributed by atoms with Crippen molar-refractivity contribution >= 4 is 54.8 Å². The standard InChI is InChI=1S/C22H20BrClN2O3S/c1-15-6-9-20(12-16(15)2)26(30(28,29)21-10-7-18(24)8-11-21)14-22(27)25-19-5-3-4-17(23)13-19/h3-13H,14H2,1-2H3,(H,25,27). The molecule has 0 aliphatic heterocycles. The van der Waals surface area contributed by atoms with E-state index in [-0.39, 0.29) is 11.4 Å². The average molecular weight is 508 g/mol. The fraction of sp³-hybridized carbons (Fsp3) is 0.136. The number of nitrogens with one attached hydrogen (secondary N) is 1. The molecule has 3 rings (SSSR count). The molecule has 3 aromatic carbocycles. The minimum atomic E-state index is -3.99. The normalized spacial score (nSPS) is 11.2. The summed E-state index contributed by atoms with van der Waals surface area (Å²) in [6.45, 7) is 3.46. The first-order valence-electron chi connectivity index (χ1n) is 9.08. The van der Waals surface area contributed by atoms with Crippen LogP contribution in [0.1, 0.15) is 11.1 Å². The minimum absolute atomic E-state index is 0.0559. The summed E-state index contributed by atoms with van der Waals surface area (Å²) in [5.41, 5.74) is 2.94. The lowest BCUT2D eigenvalue weighted by atomic mass is 10.1. The number of halogens is 2. The number of hydrogen-bond acceptors (Lipinski definition) is 3. The van der Waals surface area contributed by atoms with Gasteiger partial charge in [0, 0.05) is 15.2 Å². The number of aryl methyl sites for hydroxylation is 2. The predicted octanol–water partition coefficient (Wildman–Crippen LogP) is 5.55. The van der Waals surface area contributed by atoms with Crippen molar-refractivity contribution in [2.45, 2.75) is 18.7 Å². The van der Waals surface area contributed by atoms with E-state index in [0.717, 1.165) is 19.9 Å². The van der Waals surface area contributed by atoms with E-state index in [1.807, 2.05) is 26.0 Å². The van der Waals surface area contributed by atoms with E-state index in [1.54, 1.807) is 30.3 Å². The van der Waals surface area contributed by atoms with Crippen LogP contribution in [0.3, 0.4) is 0 Å². The number of sulfonamides is 1. The van der Waals surface area contributed by atoms with Crippen LogP contribution in [0.25, 0.3) is 0 Å². The fourth-order valence-corrected chi connectivity index (χ4v) is 4.76. The van der Waals surface area contributed by atoms with Crippen molar-refractivity contribution in [3.8, 4) is 0 Å². The highest BCUT2D eigenvalue weighted by Crippen LogP contribution is 2.27. The molecule has 0 saturated carbocycles. The Morgan fingerprint density at radius 3 is 2.33 bits per heavy atom. The Bertz CT molecular complexity index is 1180. The van der Waals surface area contributed by atoms with Crippen molar-refractivity contribution < 1.29 is 13.2 Å². The van der Waals surface area contributed by atoms with Gasteiger partial charge in [-0.05, 0) is 79.6 Å². The summed E-state index contributed by atoms with van der Waals surface area (Å²) >= 11 is 9.26. The molecule has 0 aliphatic rings. The van der Waals surface area contributed by atoms with Gasteiger partial charge in [0.05, 0.1) is 10.6 Å². The molecular formula is C22H20BrClN2O3S. The Kier molecular flexibility index (Phi) is 6.85. The Morgan fingerprint density at radius 1 is 1.00 bits per heavy atom. The van der Waals surface area contributed by atoms with Crippen molar-refractivity contribution in [2.24, 2.45) is 0 Å². The molecule has 0 saturated heterocycles. The van der Waals surface area contributed by atoms with Gasteiger partial charge in [0.25, 0.3) is 10.0 Å². The van der Waals surface area contributed by atoms with Crippen LogP contribution < -0.4 is 9.62 Å². The average Bonchev–Trinajstić information content (AvgIpc) is 2.68. The molecule has 3 aromatic rings. The van der Waals surface area contributed by atoms with Gasteiger partial charge in [0.2, 0.25) is 5.91 Å². The van der Waals surface area contributed by atoms with Gasteiger partial charge in [-0.1, -0.05) is 39.7 Å². The molecule has 5 nitrogen and oxygen atoms in total. The van der Waals surface area contributed by atoms with Crippen molar-refractivity contribution in [3.05, 3.63) is 87.4 Å². The predicted molar refractivity (Wildman–Crippen MR) is 125 cm³/mol. The van der Waals surface area contributed by atoms with Crippen LogP contribution in [0, 0.1) is 13.8 Å². The van der Waals surface area contributed by atoms with Crippen molar-refractivity contribution in [1.29, 1.82) is 0 Å². The van der Waals surface area contributed by atoms with Crippen LogP contribution in [-0.2, 0) is 14.8 Å². The number of anilines is 2. The van der Waals surface area contributed by atoms with Gasteiger partial charge in [0.1, 0.15) is 6.54 Å². The first-order chi connectivity index (χ1) is 14.2. The highest BCUT2D eigenvalue weighted by molar-refractivity contribution is 9.10. The molecule has 1 amide bonds. The third kappa shape index (κ3) is 5.22. The molecule has 0 unspecified atom stereocenters. The second-order valence-electron chi connectivity index (χ2n) is 6.79. The third-order valence-corrected chi connectivity index (χ3v) is 7.11. The second kappa shape index (κ2) is 9.20.